The summed E-state index contributed by atoms with van der Waals surface area (Å²) in [4.78, 5) is 0. The van der Waals surface area contributed by atoms with Gasteiger partial charge < -0.3 is 5.32 Å². The molecule has 0 atom stereocenters. The van der Waals surface area contributed by atoms with E-state index in [1.165, 1.54) is 35.7 Å². The molecule has 1 aliphatic carbocycles. The van der Waals surface area contributed by atoms with E-state index in [4.69, 9.17) is 0 Å². The highest BCUT2D eigenvalue weighted by molar-refractivity contribution is 9.10. The van der Waals surface area contributed by atoms with Gasteiger partial charge in [0.15, 0.2) is 0 Å². The molecule has 1 aromatic carbocycles. The van der Waals surface area contributed by atoms with Crippen molar-refractivity contribution < 1.29 is 0 Å². The van der Waals surface area contributed by atoms with E-state index in [0.717, 1.165) is 12.5 Å². The van der Waals surface area contributed by atoms with Gasteiger partial charge in [0.25, 0.3) is 0 Å². The van der Waals surface area contributed by atoms with Crippen molar-refractivity contribution in [1.29, 1.82) is 0 Å². The summed E-state index contributed by atoms with van der Waals surface area (Å²) in [5, 5.41) is 3.75. The Balaban J connectivity index is 2.22. The molecular formula is C18H28BrN. The van der Waals surface area contributed by atoms with Gasteiger partial charge in [-0.25, -0.2) is 0 Å². The van der Waals surface area contributed by atoms with Gasteiger partial charge in [0.2, 0.25) is 0 Å². The van der Waals surface area contributed by atoms with Gasteiger partial charge >= 0.3 is 0 Å². The van der Waals surface area contributed by atoms with Gasteiger partial charge in [-0.15, -0.1) is 0 Å². The average molecular weight is 338 g/mol. The number of nitrogens with one attached hydrogen (secondary N) is 1. The Labute approximate surface area is 132 Å². The minimum absolute atomic E-state index is 0.186. The van der Waals surface area contributed by atoms with Crippen molar-refractivity contribution in [2.45, 2.75) is 64.3 Å². The number of hydrogen-bond donors (Lipinski definition) is 1. The molecule has 112 valence electrons. The number of benzene rings is 1. The van der Waals surface area contributed by atoms with Gasteiger partial charge in [-0.3, -0.25) is 0 Å². The van der Waals surface area contributed by atoms with Crippen molar-refractivity contribution in [3.8, 4) is 0 Å². The second-order valence-electron chi connectivity index (χ2n) is 7.57. The molecule has 0 aromatic heterocycles. The van der Waals surface area contributed by atoms with Crippen molar-refractivity contribution in [2.75, 3.05) is 6.54 Å². The van der Waals surface area contributed by atoms with Gasteiger partial charge in [0.1, 0.15) is 0 Å². The fraction of sp³-hybridized carbons (Fsp3) is 0.667. The molecule has 0 heterocycles. The maximum Gasteiger partial charge on any atom is 0.0175 e. The zero-order valence-electron chi connectivity index (χ0n) is 13.3. The van der Waals surface area contributed by atoms with E-state index >= 15 is 0 Å². The second kappa shape index (κ2) is 6.19. The summed E-state index contributed by atoms with van der Waals surface area (Å²) in [5.74, 6) is 0.883. The lowest BCUT2D eigenvalue weighted by Crippen LogP contribution is -2.47. The standard InChI is InChI=1S/C18H28BrN/c1-14-9-11-18(12-10-14,13-20-17(2,3)4)15-5-7-16(19)8-6-15/h5-8,14,20H,9-13H2,1-4H3. The molecule has 1 nitrogen and oxygen atoms in total. The van der Waals surface area contributed by atoms with Crippen molar-refractivity contribution in [1.82, 2.24) is 5.32 Å². The lowest BCUT2D eigenvalue weighted by molar-refractivity contribution is 0.217. The van der Waals surface area contributed by atoms with Crippen molar-refractivity contribution in [3.05, 3.63) is 34.3 Å². The van der Waals surface area contributed by atoms with Crippen LogP contribution in [0.3, 0.4) is 0 Å². The Bertz CT molecular complexity index is 422. The van der Waals surface area contributed by atoms with Gasteiger partial charge in [-0.1, -0.05) is 35.0 Å². The fourth-order valence-electron chi connectivity index (χ4n) is 3.12. The van der Waals surface area contributed by atoms with E-state index in [9.17, 15) is 0 Å². The Hall–Kier alpha value is -0.340. The first-order valence-electron chi connectivity index (χ1n) is 7.82. The number of hydrogen-bond acceptors (Lipinski definition) is 1. The van der Waals surface area contributed by atoms with Crippen LogP contribution in [-0.4, -0.2) is 12.1 Å². The van der Waals surface area contributed by atoms with Gasteiger partial charge in [0, 0.05) is 22.0 Å². The summed E-state index contributed by atoms with van der Waals surface area (Å²) in [5.41, 5.74) is 2.01. The summed E-state index contributed by atoms with van der Waals surface area (Å²) >= 11 is 3.55. The van der Waals surface area contributed by atoms with Crippen LogP contribution in [0.4, 0.5) is 0 Å². The third-order valence-electron chi connectivity index (χ3n) is 4.65. The first-order valence-corrected chi connectivity index (χ1v) is 8.61. The Morgan fingerprint density at radius 1 is 1.15 bits per heavy atom. The predicted octanol–water partition coefficient (Wildman–Crippen LogP) is 5.29. The Morgan fingerprint density at radius 3 is 2.20 bits per heavy atom. The minimum atomic E-state index is 0.186. The number of halogens is 1. The lowest BCUT2D eigenvalue weighted by atomic mass is 9.66. The van der Waals surface area contributed by atoms with Crippen molar-refractivity contribution in [3.63, 3.8) is 0 Å². The zero-order chi connectivity index (χ0) is 14.8. The van der Waals surface area contributed by atoms with Crippen LogP contribution in [0, 0.1) is 5.92 Å². The molecule has 1 aromatic rings. The van der Waals surface area contributed by atoms with E-state index in [1.807, 2.05) is 0 Å². The van der Waals surface area contributed by atoms with Crippen molar-refractivity contribution in [2.24, 2.45) is 5.92 Å². The van der Waals surface area contributed by atoms with Gasteiger partial charge in [-0.05, 0) is 70.1 Å². The Kier molecular flexibility index (Phi) is 4.96. The van der Waals surface area contributed by atoms with Crippen LogP contribution < -0.4 is 5.32 Å². The fourth-order valence-corrected chi connectivity index (χ4v) is 3.38. The van der Waals surface area contributed by atoms with Crippen LogP contribution in [0.1, 0.15) is 58.9 Å². The maximum absolute atomic E-state index is 3.75. The highest BCUT2D eigenvalue weighted by Gasteiger charge is 2.36. The van der Waals surface area contributed by atoms with Crippen LogP contribution in [0.2, 0.25) is 0 Å². The van der Waals surface area contributed by atoms with Crippen LogP contribution in [0.25, 0.3) is 0 Å². The molecule has 0 spiro atoms. The molecule has 0 radical (unpaired) electrons. The van der Waals surface area contributed by atoms with Crippen LogP contribution in [-0.2, 0) is 5.41 Å². The molecule has 1 saturated carbocycles. The zero-order valence-corrected chi connectivity index (χ0v) is 14.9. The average Bonchev–Trinajstić information content (AvgIpc) is 2.39. The third-order valence-corrected chi connectivity index (χ3v) is 5.17. The second-order valence-corrected chi connectivity index (χ2v) is 8.49. The molecule has 0 saturated heterocycles. The largest absolute Gasteiger partial charge is 0.311 e. The quantitative estimate of drug-likeness (QED) is 0.790. The lowest BCUT2D eigenvalue weighted by Gasteiger charge is -2.42. The summed E-state index contributed by atoms with van der Waals surface area (Å²) in [6, 6.07) is 8.99. The van der Waals surface area contributed by atoms with Gasteiger partial charge in [-0.2, -0.15) is 0 Å². The monoisotopic (exact) mass is 337 g/mol. The Morgan fingerprint density at radius 2 is 1.70 bits per heavy atom. The van der Waals surface area contributed by atoms with Crippen LogP contribution >= 0.6 is 15.9 Å². The van der Waals surface area contributed by atoms with Gasteiger partial charge in [0.05, 0.1) is 0 Å². The first kappa shape index (κ1) is 16.0. The topological polar surface area (TPSA) is 12.0 Å². The molecular weight excluding hydrogens is 310 g/mol. The summed E-state index contributed by atoms with van der Waals surface area (Å²) in [7, 11) is 0. The third kappa shape index (κ3) is 4.08. The molecule has 20 heavy (non-hydrogen) atoms. The summed E-state index contributed by atoms with van der Waals surface area (Å²) < 4.78 is 1.17. The molecule has 1 N–H and O–H groups in total. The molecule has 2 heteroatoms. The first-order chi connectivity index (χ1) is 9.31. The van der Waals surface area contributed by atoms with E-state index in [0.29, 0.717) is 5.41 Å². The maximum atomic E-state index is 3.75. The van der Waals surface area contributed by atoms with E-state index < -0.39 is 0 Å². The molecule has 0 aliphatic heterocycles. The minimum Gasteiger partial charge on any atom is -0.311 e. The highest BCUT2D eigenvalue weighted by Crippen LogP contribution is 2.41. The predicted molar refractivity (Wildman–Crippen MR) is 91.2 cm³/mol. The molecule has 0 unspecified atom stereocenters. The van der Waals surface area contributed by atoms with Crippen LogP contribution in [0.15, 0.2) is 28.7 Å². The number of rotatable bonds is 3. The molecule has 0 amide bonds. The molecule has 0 bridgehead atoms. The SMILES string of the molecule is CC1CCC(CNC(C)(C)C)(c2ccc(Br)cc2)CC1. The summed E-state index contributed by atoms with van der Waals surface area (Å²) in [6.07, 6.45) is 5.31. The van der Waals surface area contributed by atoms with Crippen LogP contribution in [0.5, 0.6) is 0 Å². The van der Waals surface area contributed by atoms with Crippen molar-refractivity contribution >= 4 is 15.9 Å². The smallest absolute Gasteiger partial charge is 0.0175 e. The summed E-state index contributed by atoms with van der Waals surface area (Å²) in [6.45, 7) is 10.3. The highest BCUT2D eigenvalue weighted by atomic mass is 79.9. The van der Waals surface area contributed by atoms with E-state index in [1.54, 1.807) is 0 Å². The van der Waals surface area contributed by atoms with E-state index in [2.05, 4.69) is 73.2 Å². The molecule has 1 aliphatic rings. The molecule has 2 rings (SSSR count). The normalized spacial score (nSPS) is 27.6. The van der Waals surface area contributed by atoms with E-state index in [-0.39, 0.29) is 5.54 Å². The molecule has 1 fully saturated rings.